The molecule has 132 valence electrons. The smallest absolute Gasteiger partial charge is 0.407 e. The van der Waals surface area contributed by atoms with Crippen molar-refractivity contribution >= 4 is 6.09 Å². The summed E-state index contributed by atoms with van der Waals surface area (Å²) in [4.78, 5) is 12.0. The molecule has 1 atom stereocenters. The molecule has 2 aromatic carbocycles. The fraction of sp³-hybridized carbons (Fsp3) is 0.350. The van der Waals surface area contributed by atoms with Crippen LogP contribution in [-0.4, -0.2) is 43.7 Å². The molecule has 5 heteroatoms. The third-order valence-electron chi connectivity index (χ3n) is 4.78. The van der Waals surface area contributed by atoms with Crippen molar-refractivity contribution in [3.63, 3.8) is 0 Å². The van der Waals surface area contributed by atoms with Crippen molar-refractivity contribution in [2.24, 2.45) is 0 Å². The highest BCUT2D eigenvalue weighted by Gasteiger charge is 2.29. The number of amides is 1. The molecule has 1 aliphatic rings. The van der Waals surface area contributed by atoms with E-state index < -0.39 is 11.7 Å². The highest BCUT2D eigenvalue weighted by atomic mass is 16.5. The molecule has 3 rings (SSSR count). The number of carbonyl (C=O) groups is 1. The van der Waals surface area contributed by atoms with Gasteiger partial charge in [0.25, 0.3) is 0 Å². The minimum Gasteiger partial charge on any atom is -0.449 e. The van der Waals surface area contributed by atoms with Crippen LogP contribution in [0.2, 0.25) is 0 Å². The molecule has 0 aromatic heterocycles. The van der Waals surface area contributed by atoms with Crippen molar-refractivity contribution in [3.05, 3.63) is 59.7 Å². The van der Waals surface area contributed by atoms with E-state index in [0.717, 1.165) is 0 Å². The van der Waals surface area contributed by atoms with Crippen LogP contribution in [0.15, 0.2) is 48.5 Å². The number of carbonyl (C=O) groups excluding carboxylic acids is 1. The van der Waals surface area contributed by atoms with Crippen molar-refractivity contribution < 1.29 is 19.4 Å². The van der Waals surface area contributed by atoms with Crippen molar-refractivity contribution in [2.45, 2.75) is 18.4 Å². The van der Waals surface area contributed by atoms with Gasteiger partial charge < -0.3 is 19.9 Å². The molecule has 0 saturated carbocycles. The summed E-state index contributed by atoms with van der Waals surface area (Å²) in [5.41, 5.74) is 3.92. The van der Waals surface area contributed by atoms with Gasteiger partial charge in [-0.2, -0.15) is 0 Å². The Morgan fingerprint density at radius 2 is 1.68 bits per heavy atom. The van der Waals surface area contributed by atoms with E-state index in [1.807, 2.05) is 24.3 Å². The molecule has 25 heavy (non-hydrogen) atoms. The van der Waals surface area contributed by atoms with Crippen LogP contribution in [0.4, 0.5) is 4.79 Å². The lowest BCUT2D eigenvalue weighted by atomic mass is 9.98. The first-order valence-electron chi connectivity index (χ1n) is 8.33. The highest BCUT2D eigenvalue weighted by molar-refractivity contribution is 5.79. The van der Waals surface area contributed by atoms with E-state index in [1.54, 1.807) is 6.92 Å². The zero-order chi connectivity index (χ0) is 17.9. The Labute approximate surface area is 147 Å². The van der Waals surface area contributed by atoms with Crippen molar-refractivity contribution in [1.82, 2.24) is 5.32 Å². The summed E-state index contributed by atoms with van der Waals surface area (Å²) in [5, 5.41) is 12.0. The molecule has 2 N–H and O–H groups in total. The molecule has 1 aliphatic carbocycles. The van der Waals surface area contributed by atoms with Gasteiger partial charge in [0.1, 0.15) is 12.2 Å². The summed E-state index contributed by atoms with van der Waals surface area (Å²) in [5.74, 6) is 0.0322. The number of fused-ring (bicyclic) bond motifs is 3. The molecule has 0 radical (unpaired) electrons. The normalized spacial score (nSPS) is 15.2. The van der Waals surface area contributed by atoms with Gasteiger partial charge in [0.05, 0.1) is 13.2 Å². The first-order chi connectivity index (χ1) is 12.1. The molecule has 2 aromatic rings. The van der Waals surface area contributed by atoms with Crippen LogP contribution < -0.4 is 5.32 Å². The molecule has 0 fully saturated rings. The Morgan fingerprint density at radius 1 is 1.12 bits per heavy atom. The number of methoxy groups -OCH3 is 1. The molecule has 0 bridgehead atoms. The third-order valence-corrected chi connectivity index (χ3v) is 4.78. The number of alkyl carbamates (subject to hydrolysis) is 1. The lowest BCUT2D eigenvalue weighted by Crippen LogP contribution is -2.45. The Bertz CT molecular complexity index is 709. The number of hydrogen-bond acceptors (Lipinski definition) is 4. The fourth-order valence-corrected chi connectivity index (χ4v) is 3.10. The monoisotopic (exact) mass is 341 g/mol. The molecular weight excluding hydrogens is 318 g/mol. The SMILES string of the molecule is COC(C)(CO)CNC(=O)OCC1c2ccccc2-c2ccccc21. The van der Waals surface area contributed by atoms with E-state index in [-0.39, 0.29) is 25.7 Å². The second-order valence-corrected chi connectivity index (χ2v) is 6.49. The van der Waals surface area contributed by atoms with Gasteiger partial charge in [0.15, 0.2) is 0 Å². The van der Waals surface area contributed by atoms with Crippen LogP contribution in [-0.2, 0) is 9.47 Å². The minimum atomic E-state index is -0.814. The first-order valence-corrected chi connectivity index (χ1v) is 8.33. The standard InChI is InChI=1S/C20H23NO4/c1-20(13-22,24-2)12-21-19(23)25-11-18-16-9-5-3-7-14(16)15-8-4-6-10-17(15)18/h3-10,18,22H,11-13H2,1-2H3,(H,21,23). The predicted octanol–water partition coefficient (Wildman–Crippen LogP) is 2.92. The summed E-state index contributed by atoms with van der Waals surface area (Å²) < 4.78 is 10.6. The van der Waals surface area contributed by atoms with E-state index in [1.165, 1.54) is 29.4 Å². The molecule has 1 amide bonds. The Hall–Kier alpha value is -2.37. The van der Waals surface area contributed by atoms with Gasteiger partial charge in [0, 0.05) is 13.0 Å². The molecule has 0 spiro atoms. The van der Waals surface area contributed by atoms with E-state index >= 15 is 0 Å². The summed E-state index contributed by atoms with van der Waals surface area (Å²) in [6, 6.07) is 16.4. The third kappa shape index (κ3) is 3.52. The number of aliphatic hydroxyl groups is 1. The van der Waals surface area contributed by atoms with Crippen LogP contribution in [0.25, 0.3) is 11.1 Å². The Morgan fingerprint density at radius 3 is 2.20 bits per heavy atom. The van der Waals surface area contributed by atoms with Crippen LogP contribution in [0.1, 0.15) is 24.0 Å². The van der Waals surface area contributed by atoms with Gasteiger partial charge in [-0.25, -0.2) is 4.79 Å². The second kappa shape index (κ2) is 7.25. The largest absolute Gasteiger partial charge is 0.449 e. The number of nitrogens with one attached hydrogen (secondary N) is 1. The predicted molar refractivity (Wildman–Crippen MR) is 95.6 cm³/mol. The zero-order valence-corrected chi connectivity index (χ0v) is 14.5. The topological polar surface area (TPSA) is 67.8 Å². The molecule has 0 aliphatic heterocycles. The Kier molecular flexibility index (Phi) is 5.06. The van der Waals surface area contributed by atoms with Crippen molar-refractivity contribution in [2.75, 3.05) is 26.9 Å². The van der Waals surface area contributed by atoms with Gasteiger partial charge in [-0.05, 0) is 29.2 Å². The maximum Gasteiger partial charge on any atom is 0.407 e. The van der Waals surface area contributed by atoms with Gasteiger partial charge in [-0.1, -0.05) is 48.5 Å². The van der Waals surface area contributed by atoms with Crippen LogP contribution in [0, 0.1) is 0 Å². The van der Waals surface area contributed by atoms with Crippen LogP contribution in [0.5, 0.6) is 0 Å². The van der Waals surface area contributed by atoms with E-state index in [2.05, 4.69) is 29.6 Å². The summed E-state index contributed by atoms with van der Waals surface area (Å²) in [7, 11) is 1.50. The average Bonchev–Trinajstić information content (AvgIpc) is 2.98. The van der Waals surface area contributed by atoms with Crippen LogP contribution in [0.3, 0.4) is 0 Å². The van der Waals surface area contributed by atoms with Gasteiger partial charge in [-0.3, -0.25) is 0 Å². The fourth-order valence-electron chi connectivity index (χ4n) is 3.10. The van der Waals surface area contributed by atoms with Crippen molar-refractivity contribution in [1.29, 1.82) is 0 Å². The quantitative estimate of drug-likeness (QED) is 0.848. The Balaban J connectivity index is 1.67. The summed E-state index contributed by atoms with van der Waals surface area (Å²) in [6.45, 7) is 1.98. The maximum atomic E-state index is 12.0. The molecule has 0 heterocycles. The minimum absolute atomic E-state index is 0.0322. The van der Waals surface area contributed by atoms with Gasteiger partial charge >= 0.3 is 6.09 Å². The van der Waals surface area contributed by atoms with Crippen molar-refractivity contribution in [3.8, 4) is 11.1 Å². The number of benzene rings is 2. The highest BCUT2D eigenvalue weighted by Crippen LogP contribution is 2.44. The number of aliphatic hydroxyl groups excluding tert-OH is 1. The molecule has 5 nitrogen and oxygen atoms in total. The lowest BCUT2D eigenvalue weighted by Gasteiger charge is -2.25. The number of hydrogen-bond donors (Lipinski definition) is 2. The molecular formula is C20H23NO4. The molecule has 0 saturated heterocycles. The number of rotatable bonds is 6. The number of ether oxygens (including phenoxy) is 2. The average molecular weight is 341 g/mol. The van der Waals surface area contributed by atoms with E-state index in [4.69, 9.17) is 9.47 Å². The van der Waals surface area contributed by atoms with E-state index in [9.17, 15) is 9.90 Å². The summed E-state index contributed by atoms with van der Waals surface area (Å²) >= 11 is 0. The first kappa shape index (κ1) is 17.5. The zero-order valence-electron chi connectivity index (χ0n) is 14.5. The molecule has 1 unspecified atom stereocenters. The summed E-state index contributed by atoms with van der Waals surface area (Å²) in [6.07, 6.45) is -0.515. The lowest BCUT2D eigenvalue weighted by molar-refractivity contribution is -0.0355. The second-order valence-electron chi connectivity index (χ2n) is 6.49. The van der Waals surface area contributed by atoms with Crippen LogP contribution >= 0.6 is 0 Å². The van der Waals surface area contributed by atoms with Gasteiger partial charge in [-0.15, -0.1) is 0 Å². The van der Waals surface area contributed by atoms with E-state index in [0.29, 0.717) is 0 Å². The van der Waals surface area contributed by atoms with Gasteiger partial charge in [0.2, 0.25) is 0 Å². The maximum absolute atomic E-state index is 12.0.